The molecule has 1 heterocycles. The number of phosphoric acid groups is 1. The smallest absolute Gasteiger partial charge is 0.389 e. The summed E-state index contributed by atoms with van der Waals surface area (Å²) in [7, 11) is -3.23. The highest BCUT2D eigenvalue weighted by Gasteiger charge is 2.46. The highest BCUT2D eigenvalue weighted by Crippen LogP contribution is 2.46. The van der Waals surface area contributed by atoms with Gasteiger partial charge in [-0.3, -0.25) is 0 Å². The molecule has 106 valence electrons. The van der Waals surface area contributed by atoms with Crippen molar-refractivity contribution in [2.75, 3.05) is 0 Å². The Morgan fingerprint density at radius 3 is 2.50 bits per heavy atom. The lowest BCUT2D eigenvalue weighted by molar-refractivity contribution is -0.124. The van der Waals surface area contributed by atoms with Gasteiger partial charge >= 0.3 is 7.82 Å². The topological polar surface area (TPSA) is 96.2 Å². The predicted octanol–water partition coefficient (Wildman–Crippen LogP) is 0.0440. The number of aliphatic hydroxyl groups excluding tert-OH is 1. The molecule has 10 heteroatoms. The molecule has 0 spiro atoms. The zero-order valence-electron chi connectivity index (χ0n) is 9.99. The van der Waals surface area contributed by atoms with Crippen molar-refractivity contribution in [3.8, 4) is 0 Å². The summed E-state index contributed by atoms with van der Waals surface area (Å²) in [6.07, 6.45) is -2.53. The summed E-state index contributed by atoms with van der Waals surface area (Å²) in [5, 5.41) is 9.80. The van der Waals surface area contributed by atoms with Crippen LogP contribution in [0.1, 0.15) is 19.8 Å². The predicted molar refractivity (Wildman–Crippen MR) is 67.8 cm³/mol. The Kier molecular flexibility index (Phi) is 5.40. The first-order chi connectivity index (χ1) is 8.08. The van der Waals surface area contributed by atoms with Crippen LogP contribution in [0.2, 0.25) is 0 Å². The maximum Gasteiger partial charge on any atom is 0.472 e. The fraction of sp³-hybridized carbons (Fsp3) is 1.00. The van der Waals surface area contributed by atoms with Gasteiger partial charge < -0.3 is 19.6 Å². The number of rotatable bonds is 5. The SMILES string of the molecule is B[C@@H]1O[C@H](CC(F)(CC)OP(=O)(O)O)[C@@H](O)[C@H]1Br. The van der Waals surface area contributed by atoms with Gasteiger partial charge in [-0.15, -0.1) is 0 Å². The largest absolute Gasteiger partial charge is 0.472 e. The maximum absolute atomic E-state index is 14.2. The highest BCUT2D eigenvalue weighted by molar-refractivity contribution is 9.09. The molecule has 5 atom stereocenters. The average molecular weight is 349 g/mol. The summed E-state index contributed by atoms with van der Waals surface area (Å²) in [5.74, 6) is -2.53. The van der Waals surface area contributed by atoms with Crippen LogP contribution in [-0.4, -0.2) is 51.6 Å². The summed E-state index contributed by atoms with van der Waals surface area (Å²) < 4.78 is 34.4. The summed E-state index contributed by atoms with van der Waals surface area (Å²) in [6.45, 7) is 1.39. The van der Waals surface area contributed by atoms with E-state index in [0.29, 0.717) is 0 Å². The monoisotopic (exact) mass is 348 g/mol. The molecule has 6 nitrogen and oxygen atoms in total. The fourth-order valence-electron chi connectivity index (χ4n) is 1.84. The van der Waals surface area contributed by atoms with Gasteiger partial charge in [-0.05, 0) is 0 Å². The number of alkyl halides is 2. The van der Waals surface area contributed by atoms with Crippen molar-refractivity contribution in [3.63, 3.8) is 0 Å². The van der Waals surface area contributed by atoms with E-state index in [1.165, 1.54) is 6.92 Å². The minimum absolute atomic E-state index is 0.258. The van der Waals surface area contributed by atoms with Crippen LogP contribution in [0.25, 0.3) is 0 Å². The molecule has 0 amide bonds. The number of ether oxygens (including phenoxy) is 1. The summed E-state index contributed by atoms with van der Waals surface area (Å²) in [4.78, 5) is 17.0. The number of hydrogen-bond acceptors (Lipinski definition) is 4. The molecule has 3 N–H and O–H groups in total. The van der Waals surface area contributed by atoms with Crippen molar-refractivity contribution in [3.05, 3.63) is 0 Å². The van der Waals surface area contributed by atoms with Crippen LogP contribution >= 0.6 is 23.8 Å². The number of hydrogen-bond donors (Lipinski definition) is 3. The van der Waals surface area contributed by atoms with E-state index in [0.717, 1.165) is 0 Å². The van der Waals surface area contributed by atoms with Crippen molar-refractivity contribution >= 4 is 31.6 Å². The molecule has 1 rings (SSSR count). The summed E-state index contributed by atoms with van der Waals surface area (Å²) in [5.41, 5.74) is 0. The van der Waals surface area contributed by atoms with Gasteiger partial charge in [-0.25, -0.2) is 13.5 Å². The third kappa shape index (κ3) is 4.26. The van der Waals surface area contributed by atoms with Crippen molar-refractivity contribution in [2.45, 2.75) is 48.7 Å². The molecular weight excluding hydrogens is 333 g/mol. The van der Waals surface area contributed by atoms with E-state index in [1.807, 2.05) is 0 Å². The molecule has 0 aliphatic carbocycles. The molecule has 0 aromatic rings. The van der Waals surface area contributed by atoms with Gasteiger partial charge in [0.1, 0.15) is 7.85 Å². The average Bonchev–Trinajstić information content (AvgIpc) is 2.44. The Morgan fingerprint density at radius 2 is 2.17 bits per heavy atom. The number of phosphoric ester groups is 1. The van der Waals surface area contributed by atoms with E-state index in [-0.39, 0.29) is 17.3 Å². The highest BCUT2D eigenvalue weighted by atomic mass is 79.9. The molecule has 1 unspecified atom stereocenters. The summed E-state index contributed by atoms with van der Waals surface area (Å²) >= 11 is 3.21. The molecule has 0 radical (unpaired) electrons. The van der Waals surface area contributed by atoms with Crippen molar-refractivity contribution in [2.24, 2.45) is 0 Å². The Balaban J connectivity index is 2.72. The molecule has 1 aliphatic rings. The van der Waals surface area contributed by atoms with Gasteiger partial charge in [0.25, 0.3) is 0 Å². The van der Waals surface area contributed by atoms with Crippen LogP contribution in [0.3, 0.4) is 0 Å². The normalized spacial score (nSPS) is 36.6. The van der Waals surface area contributed by atoms with Crippen molar-refractivity contribution in [1.82, 2.24) is 0 Å². The quantitative estimate of drug-likeness (QED) is 0.369. The number of aliphatic hydroxyl groups is 1. The van der Waals surface area contributed by atoms with Gasteiger partial charge in [-0.2, -0.15) is 0 Å². The molecule has 0 aromatic heterocycles. The molecule has 0 bridgehead atoms. The van der Waals surface area contributed by atoms with E-state index in [2.05, 4.69) is 20.5 Å². The zero-order chi connectivity index (χ0) is 14.1. The molecular formula is C8H16BBrFO6P. The summed E-state index contributed by atoms with van der Waals surface area (Å²) in [6, 6.07) is -0.318. The van der Waals surface area contributed by atoms with Crippen LogP contribution < -0.4 is 0 Å². The minimum Gasteiger partial charge on any atom is -0.389 e. The van der Waals surface area contributed by atoms with Gasteiger partial charge in [0, 0.05) is 18.8 Å². The minimum atomic E-state index is -4.93. The standard InChI is InChI=1S/C8H16BBrFO6P/c1-2-8(11,17-18(13,14)15)3-4-6(12)5(10)7(9)16-4/h4-7,12H,2-3,9H2,1H3,(H2,13,14,15)/t4-,5-,6-,7-,8?/m1/s1. The first kappa shape index (κ1) is 16.6. The lowest BCUT2D eigenvalue weighted by Gasteiger charge is -2.28. The second kappa shape index (κ2) is 5.87. The Bertz CT molecular complexity index is 344. The van der Waals surface area contributed by atoms with Gasteiger partial charge in [0.2, 0.25) is 5.85 Å². The Morgan fingerprint density at radius 1 is 1.61 bits per heavy atom. The van der Waals surface area contributed by atoms with E-state index < -0.39 is 32.3 Å². The molecule has 1 saturated heterocycles. The fourth-order valence-corrected chi connectivity index (χ4v) is 2.94. The van der Waals surface area contributed by atoms with E-state index >= 15 is 0 Å². The third-order valence-corrected chi connectivity index (χ3v) is 4.71. The molecule has 1 fully saturated rings. The first-order valence-electron chi connectivity index (χ1n) is 5.51. The van der Waals surface area contributed by atoms with Crippen LogP contribution in [-0.2, 0) is 13.8 Å². The lowest BCUT2D eigenvalue weighted by Crippen LogP contribution is -2.36. The second-order valence-electron chi connectivity index (χ2n) is 4.34. The third-order valence-electron chi connectivity index (χ3n) is 2.86. The van der Waals surface area contributed by atoms with Crippen molar-refractivity contribution in [1.29, 1.82) is 0 Å². The van der Waals surface area contributed by atoms with E-state index in [1.54, 1.807) is 7.85 Å². The molecule has 0 saturated carbocycles. The maximum atomic E-state index is 14.2. The van der Waals surface area contributed by atoms with E-state index in [9.17, 15) is 14.1 Å². The van der Waals surface area contributed by atoms with Gasteiger partial charge in [-0.1, -0.05) is 22.9 Å². The molecule has 0 aromatic carbocycles. The van der Waals surface area contributed by atoms with Crippen molar-refractivity contribution < 1.29 is 33.1 Å². The van der Waals surface area contributed by atoms with Crippen LogP contribution in [0.5, 0.6) is 0 Å². The molecule has 1 aliphatic heterocycles. The Labute approximate surface area is 114 Å². The van der Waals surface area contributed by atoms with E-state index in [4.69, 9.17) is 14.5 Å². The first-order valence-corrected chi connectivity index (χ1v) is 7.95. The zero-order valence-corrected chi connectivity index (χ0v) is 12.5. The van der Waals surface area contributed by atoms with Gasteiger partial charge in [0.05, 0.1) is 17.0 Å². The molecule has 18 heavy (non-hydrogen) atoms. The van der Waals surface area contributed by atoms with Gasteiger partial charge in [0.15, 0.2) is 0 Å². The van der Waals surface area contributed by atoms with Crippen LogP contribution in [0.4, 0.5) is 4.39 Å². The number of halogens is 2. The lowest BCUT2D eigenvalue weighted by atomic mass is 9.95. The Hall–Kier alpha value is 0.505. The second-order valence-corrected chi connectivity index (χ2v) is 6.56. The van der Waals surface area contributed by atoms with Crippen LogP contribution in [0.15, 0.2) is 0 Å². The van der Waals surface area contributed by atoms with Crippen LogP contribution in [0, 0.1) is 0 Å².